The molecule has 0 radical (unpaired) electrons. The van der Waals surface area contributed by atoms with Crippen LogP contribution in [-0.4, -0.2) is 36.9 Å². The maximum Gasteiger partial charge on any atom is 0.319 e. The topological polar surface area (TPSA) is 87.7 Å². The van der Waals surface area contributed by atoms with Gasteiger partial charge in [0.15, 0.2) is 0 Å². The van der Waals surface area contributed by atoms with Gasteiger partial charge in [0.25, 0.3) is 0 Å². The average molecular weight is 294 g/mol. The van der Waals surface area contributed by atoms with Crippen molar-refractivity contribution in [3.05, 3.63) is 29.8 Å². The zero-order chi connectivity index (χ0) is 15.7. The van der Waals surface area contributed by atoms with Gasteiger partial charge in [-0.05, 0) is 18.1 Å². The Morgan fingerprint density at radius 2 is 2.05 bits per heavy atom. The number of ether oxygens (including phenoxy) is 1. The first-order chi connectivity index (χ1) is 10.1. The summed E-state index contributed by atoms with van der Waals surface area (Å²) in [4.78, 5) is 22.5. The van der Waals surface area contributed by atoms with Gasteiger partial charge in [0, 0.05) is 19.3 Å². The first-order valence-electron chi connectivity index (χ1n) is 6.94. The lowest BCUT2D eigenvalue weighted by Gasteiger charge is -2.15. The van der Waals surface area contributed by atoms with Crippen LogP contribution in [0.15, 0.2) is 24.3 Å². The number of carbonyl (C=O) groups is 2. The summed E-state index contributed by atoms with van der Waals surface area (Å²) in [7, 11) is 1.42. The minimum Gasteiger partial charge on any atom is -0.481 e. The molecule has 116 valence electrons. The number of rotatable bonds is 8. The number of hydrogen-bond donors (Lipinski definition) is 3. The van der Waals surface area contributed by atoms with E-state index >= 15 is 0 Å². The molecule has 0 saturated carbocycles. The lowest BCUT2D eigenvalue weighted by atomic mass is 10.1. The van der Waals surface area contributed by atoms with Gasteiger partial charge >= 0.3 is 12.0 Å². The predicted octanol–water partition coefficient (Wildman–Crippen LogP) is 2.25. The summed E-state index contributed by atoms with van der Waals surface area (Å²) in [5.41, 5.74) is 1.84. The fourth-order valence-electron chi connectivity index (χ4n) is 1.94. The summed E-state index contributed by atoms with van der Waals surface area (Å²) in [6.07, 6.45) is 1.18. The van der Waals surface area contributed by atoms with E-state index in [1.54, 1.807) is 0 Å². The second-order valence-electron chi connectivity index (χ2n) is 4.70. The molecule has 0 aliphatic carbocycles. The third kappa shape index (κ3) is 6.27. The predicted molar refractivity (Wildman–Crippen MR) is 80.5 cm³/mol. The molecule has 1 aromatic rings. The summed E-state index contributed by atoms with van der Waals surface area (Å²) >= 11 is 0. The highest BCUT2D eigenvalue weighted by Gasteiger charge is 2.14. The molecule has 1 atom stereocenters. The van der Waals surface area contributed by atoms with E-state index in [4.69, 9.17) is 9.84 Å². The largest absolute Gasteiger partial charge is 0.481 e. The Bertz CT molecular complexity index is 476. The molecule has 0 fully saturated rings. The molecule has 6 nitrogen and oxygen atoms in total. The highest BCUT2D eigenvalue weighted by Crippen LogP contribution is 2.16. The molecule has 1 rings (SSSR count). The number of carboxylic acid groups (broad SMARTS) is 1. The molecule has 1 aromatic carbocycles. The number of carbonyl (C=O) groups excluding carboxylic acids is 1. The summed E-state index contributed by atoms with van der Waals surface area (Å²) in [5, 5.41) is 14.1. The number of benzene rings is 1. The first-order valence-corrected chi connectivity index (χ1v) is 6.94. The maximum absolute atomic E-state index is 11.8. The van der Waals surface area contributed by atoms with Crippen molar-refractivity contribution >= 4 is 17.7 Å². The molecule has 0 aliphatic heterocycles. The smallest absolute Gasteiger partial charge is 0.319 e. The van der Waals surface area contributed by atoms with Crippen LogP contribution < -0.4 is 10.6 Å². The Morgan fingerprint density at radius 1 is 1.33 bits per heavy atom. The van der Waals surface area contributed by atoms with Gasteiger partial charge in [-0.1, -0.05) is 31.5 Å². The van der Waals surface area contributed by atoms with Gasteiger partial charge < -0.3 is 20.5 Å². The van der Waals surface area contributed by atoms with E-state index in [-0.39, 0.29) is 19.0 Å². The monoisotopic (exact) mass is 294 g/mol. The zero-order valence-corrected chi connectivity index (χ0v) is 12.4. The van der Waals surface area contributed by atoms with E-state index in [0.29, 0.717) is 0 Å². The van der Waals surface area contributed by atoms with Crippen LogP contribution in [0.2, 0.25) is 0 Å². The van der Waals surface area contributed by atoms with Gasteiger partial charge in [0.05, 0.1) is 12.5 Å². The number of nitrogens with one attached hydrogen (secondary N) is 2. The molecular formula is C15H22N2O4. The fraction of sp³-hybridized carbons (Fsp3) is 0.467. The van der Waals surface area contributed by atoms with Gasteiger partial charge in [0.1, 0.15) is 0 Å². The molecule has 1 unspecified atom stereocenters. The van der Waals surface area contributed by atoms with E-state index in [1.165, 1.54) is 7.11 Å². The second kappa shape index (κ2) is 8.97. The molecule has 2 amide bonds. The van der Waals surface area contributed by atoms with Crippen molar-refractivity contribution in [2.45, 2.75) is 32.3 Å². The second-order valence-corrected chi connectivity index (χ2v) is 4.70. The highest BCUT2D eigenvalue weighted by molar-refractivity contribution is 5.90. The van der Waals surface area contributed by atoms with E-state index in [9.17, 15) is 9.59 Å². The zero-order valence-electron chi connectivity index (χ0n) is 12.4. The number of aliphatic carboxylic acids is 1. The van der Waals surface area contributed by atoms with Gasteiger partial charge in [-0.25, -0.2) is 4.79 Å². The Morgan fingerprint density at radius 3 is 2.67 bits per heavy atom. The van der Waals surface area contributed by atoms with Crippen LogP contribution >= 0.6 is 0 Å². The molecular weight excluding hydrogens is 272 g/mol. The quantitative estimate of drug-likeness (QED) is 0.686. The molecule has 0 saturated heterocycles. The molecule has 0 aliphatic rings. The summed E-state index contributed by atoms with van der Waals surface area (Å²) in [5.74, 6) is -0.961. The fourth-order valence-corrected chi connectivity index (χ4v) is 1.94. The number of hydrogen-bond acceptors (Lipinski definition) is 3. The number of aryl methyl sites for hydroxylation is 1. The van der Waals surface area contributed by atoms with Crippen molar-refractivity contribution in [2.24, 2.45) is 0 Å². The number of methoxy groups -OCH3 is 1. The molecule has 6 heteroatoms. The lowest BCUT2D eigenvalue weighted by Crippen LogP contribution is -2.37. The minimum absolute atomic E-state index is 0.143. The maximum atomic E-state index is 11.8. The van der Waals surface area contributed by atoms with Crippen LogP contribution in [0, 0.1) is 0 Å². The van der Waals surface area contributed by atoms with Crippen molar-refractivity contribution in [3.8, 4) is 0 Å². The van der Waals surface area contributed by atoms with E-state index < -0.39 is 12.1 Å². The van der Waals surface area contributed by atoms with Crippen molar-refractivity contribution in [2.75, 3.05) is 19.0 Å². The number of carboxylic acids is 1. The van der Waals surface area contributed by atoms with Gasteiger partial charge in [-0.2, -0.15) is 0 Å². The van der Waals surface area contributed by atoms with Crippen LogP contribution in [0.25, 0.3) is 0 Å². The number of anilines is 1. The Labute approximate surface area is 124 Å². The summed E-state index contributed by atoms with van der Waals surface area (Å²) in [6.45, 7) is 2.22. The Hall–Kier alpha value is -2.08. The van der Waals surface area contributed by atoms with Crippen LogP contribution in [0.1, 0.15) is 25.3 Å². The van der Waals surface area contributed by atoms with Crippen LogP contribution in [0.4, 0.5) is 10.5 Å². The van der Waals surface area contributed by atoms with Crippen molar-refractivity contribution < 1.29 is 19.4 Å². The standard InChI is InChI=1S/C15H22N2O4/c1-3-6-11-7-4-5-8-13(11)17-15(20)16-10-12(21-2)9-14(18)19/h4-5,7-8,12H,3,6,9-10H2,1-2H3,(H,18,19)(H2,16,17,20). The van der Waals surface area contributed by atoms with Gasteiger partial charge in [-0.15, -0.1) is 0 Å². The van der Waals surface area contributed by atoms with Crippen molar-refractivity contribution in [1.82, 2.24) is 5.32 Å². The number of urea groups is 1. The summed E-state index contributed by atoms with van der Waals surface area (Å²) in [6, 6.07) is 7.24. The normalized spacial score (nSPS) is 11.7. The van der Waals surface area contributed by atoms with E-state index in [2.05, 4.69) is 17.6 Å². The third-order valence-electron chi connectivity index (χ3n) is 3.01. The van der Waals surface area contributed by atoms with E-state index in [0.717, 1.165) is 24.1 Å². The van der Waals surface area contributed by atoms with Crippen molar-refractivity contribution in [3.63, 3.8) is 0 Å². The SMILES string of the molecule is CCCc1ccccc1NC(=O)NCC(CC(=O)O)OC. The van der Waals surface area contributed by atoms with Crippen molar-refractivity contribution in [1.29, 1.82) is 0 Å². The lowest BCUT2D eigenvalue weighted by molar-refractivity contribution is -0.139. The van der Waals surface area contributed by atoms with E-state index in [1.807, 2.05) is 24.3 Å². The van der Waals surface area contributed by atoms with Crippen LogP contribution in [-0.2, 0) is 16.0 Å². The van der Waals surface area contributed by atoms with Gasteiger partial charge in [0.2, 0.25) is 0 Å². The summed E-state index contributed by atoms with van der Waals surface area (Å²) < 4.78 is 5.00. The minimum atomic E-state index is -0.961. The van der Waals surface area contributed by atoms with Gasteiger partial charge in [-0.3, -0.25) is 4.79 Å². The molecule has 0 bridgehead atoms. The molecule has 0 spiro atoms. The number of para-hydroxylation sites is 1. The highest BCUT2D eigenvalue weighted by atomic mass is 16.5. The molecule has 0 heterocycles. The Balaban J connectivity index is 2.52. The molecule has 3 N–H and O–H groups in total. The Kier molecular flexibility index (Phi) is 7.25. The average Bonchev–Trinajstić information content (AvgIpc) is 2.45. The molecule has 21 heavy (non-hydrogen) atoms. The van der Waals surface area contributed by atoms with Crippen LogP contribution in [0.3, 0.4) is 0 Å². The molecule has 0 aromatic heterocycles. The first kappa shape index (κ1) is 17.0. The third-order valence-corrected chi connectivity index (χ3v) is 3.01. The van der Waals surface area contributed by atoms with Crippen LogP contribution in [0.5, 0.6) is 0 Å². The number of amides is 2.